The molecular formula is C16H29N3O2. The summed E-state index contributed by atoms with van der Waals surface area (Å²) in [5.41, 5.74) is 0. The normalized spacial score (nSPS) is 19.0. The number of hydrogen-bond donors (Lipinski definition) is 1. The molecule has 0 radical (unpaired) electrons. The van der Waals surface area contributed by atoms with Crippen LogP contribution in [0.2, 0.25) is 0 Å². The number of methoxy groups -OCH3 is 1. The van der Waals surface area contributed by atoms with Crippen molar-refractivity contribution in [3.8, 4) is 0 Å². The van der Waals surface area contributed by atoms with Gasteiger partial charge in [0.05, 0.1) is 6.10 Å². The summed E-state index contributed by atoms with van der Waals surface area (Å²) in [6, 6.07) is 0.473. The average molecular weight is 295 g/mol. The predicted octanol–water partition coefficient (Wildman–Crippen LogP) is 2.75. The molecule has 0 saturated heterocycles. The van der Waals surface area contributed by atoms with Crippen molar-refractivity contribution in [3.05, 3.63) is 11.7 Å². The summed E-state index contributed by atoms with van der Waals surface area (Å²) in [7, 11) is 1.70. The first-order chi connectivity index (χ1) is 10.2. The first kappa shape index (κ1) is 16.4. The maximum absolute atomic E-state index is 5.42. The second kappa shape index (κ2) is 8.49. The summed E-state index contributed by atoms with van der Waals surface area (Å²) in [5.74, 6) is 2.26. The molecule has 1 aromatic heterocycles. The van der Waals surface area contributed by atoms with Crippen LogP contribution in [0.5, 0.6) is 0 Å². The fourth-order valence-corrected chi connectivity index (χ4v) is 3.08. The highest BCUT2D eigenvalue weighted by Crippen LogP contribution is 2.29. The largest absolute Gasteiger partial charge is 0.381 e. The standard InChI is InChI=1S/C16H29N3O2/c1-4-9-17-14(13-7-5-6-8-13)11-16-18-15(19-21-16)10-12(2)20-3/h12-14,17H,4-11H2,1-3H3. The van der Waals surface area contributed by atoms with E-state index in [1.165, 1.54) is 25.7 Å². The summed E-state index contributed by atoms with van der Waals surface area (Å²) in [6.07, 6.45) is 8.19. The van der Waals surface area contributed by atoms with Gasteiger partial charge in [-0.3, -0.25) is 0 Å². The van der Waals surface area contributed by atoms with E-state index in [-0.39, 0.29) is 6.10 Å². The molecule has 2 atom stereocenters. The highest BCUT2D eigenvalue weighted by molar-refractivity contribution is 4.93. The Morgan fingerprint density at radius 2 is 2.10 bits per heavy atom. The molecule has 2 unspecified atom stereocenters. The van der Waals surface area contributed by atoms with Gasteiger partial charge in [-0.15, -0.1) is 0 Å². The Kier molecular flexibility index (Phi) is 6.64. The van der Waals surface area contributed by atoms with Gasteiger partial charge in [-0.1, -0.05) is 24.9 Å². The van der Waals surface area contributed by atoms with Crippen LogP contribution >= 0.6 is 0 Å². The zero-order chi connectivity index (χ0) is 15.1. The summed E-state index contributed by atoms with van der Waals surface area (Å²) < 4.78 is 10.7. The van der Waals surface area contributed by atoms with Gasteiger partial charge in [0.2, 0.25) is 5.89 Å². The zero-order valence-corrected chi connectivity index (χ0v) is 13.6. The molecule has 1 aliphatic carbocycles. The molecule has 0 spiro atoms. The Bertz CT molecular complexity index is 402. The van der Waals surface area contributed by atoms with Crippen LogP contribution in [0.1, 0.15) is 57.7 Å². The highest BCUT2D eigenvalue weighted by Gasteiger charge is 2.26. The second-order valence-electron chi connectivity index (χ2n) is 6.16. The molecule has 0 aliphatic heterocycles. The minimum atomic E-state index is 0.124. The van der Waals surface area contributed by atoms with Crippen LogP contribution < -0.4 is 5.32 Å². The van der Waals surface area contributed by atoms with Crippen LogP contribution in [0, 0.1) is 5.92 Å². The van der Waals surface area contributed by atoms with Crippen LogP contribution in [0.4, 0.5) is 0 Å². The molecule has 21 heavy (non-hydrogen) atoms. The number of rotatable bonds is 9. The lowest BCUT2D eigenvalue weighted by Gasteiger charge is -2.23. The summed E-state index contributed by atoms with van der Waals surface area (Å²) in [6.45, 7) is 5.28. The van der Waals surface area contributed by atoms with E-state index in [2.05, 4.69) is 22.4 Å². The van der Waals surface area contributed by atoms with Gasteiger partial charge in [-0.05, 0) is 38.6 Å². The number of ether oxygens (including phenoxy) is 1. The lowest BCUT2D eigenvalue weighted by atomic mass is 9.95. The molecule has 0 amide bonds. The van der Waals surface area contributed by atoms with Crippen LogP contribution in [-0.4, -0.2) is 35.9 Å². The average Bonchev–Trinajstić information content (AvgIpc) is 3.15. The van der Waals surface area contributed by atoms with Gasteiger partial charge < -0.3 is 14.6 Å². The maximum Gasteiger partial charge on any atom is 0.228 e. The van der Waals surface area contributed by atoms with E-state index >= 15 is 0 Å². The van der Waals surface area contributed by atoms with Gasteiger partial charge in [-0.2, -0.15) is 4.98 Å². The zero-order valence-electron chi connectivity index (χ0n) is 13.6. The van der Waals surface area contributed by atoms with Gasteiger partial charge in [0.1, 0.15) is 0 Å². The van der Waals surface area contributed by atoms with Crippen molar-refractivity contribution in [2.75, 3.05) is 13.7 Å². The van der Waals surface area contributed by atoms with E-state index in [0.717, 1.165) is 37.0 Å². The van der Waals surface area contributed by atoms with Gasteiger partial charge in [0.15, 0.2) is 5.82 Å². The van der Waals surface area contributed by atoms with Crippen LogP contribution in [0.15, 0.2) is 4.52 Å². The van der Waals surface area contributed by atoms with Gasteiger partial charge in [-0.25, -0.2) is 0 Å². The third-order valence-electron chi connectivity index (χ3n) is 4.40. The first-order valence-corrected chi connectivity index (χ1v) is 8.30. The third kappa shape index (κ3) is 5.08. The van der Waals surface area contributed by atoms with E-state index in [9.17, 15) is 0 Å². The van der Waals surface area contributed by atoms with Crippen LogP contribution in [0.3, 0.4) is 0 Å². The first-order valence-electron chi connectivity index (χ1n) is 8.30. The van der Waals surface area contributed by atoms with E-state index in [1.54, 1.807) is 7.11 Å². The fraction of sp³-hybridized carbons (Fsp3) is 0.875. The molecule has 1 heterocycles. The Balaban J connectivity index is 1.92. The summed E-state index contributed by atoms with van der Waals surface area (Å²) in [4.78, 5) is 4.52. The molecule has 1 fully saturated rings. The molecule has 2 rings (SSSR count). The lowest BCUT2D eigenvalue weighted by molar-refractivity contribution is 0.116. The Labute approximate surface area is 127 Å². The molecule has 5 heteroatoms. The second-order valence-corrected chi connectivity index (χ2v) is 6.16. The molecular weight excluding hydrogens is 266 g/mol. The molecule has 1 aliphatic rings. The quantitative estimate of drug-likeness (QED) is 0.759. The van der Waals surface area contributed by atoms with Gasteiger partial charge in [0, 0.05) is 26.0 Å². The molecule has 1 N–H and O–H groups in total. The minimum Gasteiger partial charge on any atom is -0.381 e. The summed E-state index contributed by atoms with van der Waals surface area (Å²) in [5, 5.41) is 7.74. The Morgan fingerprint density at radius 3 is 2.76 bits per heavy atom. The fourth-order valence-electron chi connectivity index (χ4n) is 3.08. The van der Waals surface area contributed by atoms with E-state index in [0.29, 0.717) is 12.5 Å². The number of hydrogen-bond acceptors (Lipinski definition) is 5. The number of nitrogens with one attached hydrogen (secondary N) is 1. The van der Waals surface area contributed by atoms with E-state index in [4.69, 9.17) is 9.26 Å². The van der Waals surface area contributed by atoms with Crippen LogP contribution in [0.25, 0.3) is 0 Å². The summed E-state index contributed by atoms with van der Waals surface area (Å²) >= 11 is 0. The smallest absolute Gasteiger partial charge is 0.228 e. The van der Waals surface area contributed by atoms with Crippen LogP contribution in [-0.2, 0) is 17.6 Å². The topological polar surface area (TPSA) is 60.2 Å². The molecule has 5 nitrogen and oxygen atoms in total. The minimum absolute atomic E-state index is 0.124. The number of nitrogens with zero attached hydrogens (tertiary/aromatic N) is 2. The van der Waals surface area contributed by atoms with Crippen molar-refractivity contribution in [1.29, 1.82) is 0 Å². The molecule has 0 bridgehead atoms. The van der Waals surface area contributed by atoms with Gasteiger partial charge in [0.25, 0.3) is 0 Å². The molecule has 0 aromatic carbocycles. The third-order valence-corrected chi connectivity index (χ3v) is 4.40. The van der Waals surface area contributed by atoms with Crippen molar-refractivity contribution < 1.29 is 9.26 Å². The SMILES string of the molecule is CCCNC(Cc1nc(CC(C)OC)no1)C1CCCC1. The molecule has 120 valence electrons. The van der Waals surface area contributed by atoms with Crippen molar-refractivity contribution in [2.24, 2.45) is 5.92 Å². The van der Waals surface area contributed by atoms with Crippen molar-refractivity contribution in [3.63, 3.8) is 0 Å². The maximum atomic E-state index is 5.42. The van der Waals surface area contributed by atoms with Crippen molar-refractivity contribution in [2.45, 2.75) is 70.9 Å². The van der Waals surface area contributed by atoms with Crippen molar-refractivity contribution >= 4 is 0 Å². The van der Waals surface area contributed by atoms with Crippen molar-refractivity contribution in [1.82, 2.24) is 15.5 Å². The predicted molar refractivity (Wildman–Crippen MR) is 82.2 cm³/mol. The monoisotopic (exact) mass is 295 g/mol. The lowest BCUT2D eigenvalue weighted by Crippen LogP contribution is -2.37. The Morgan fingerprint density at radius 1 is 1.33 bits per heavy atom. The highest BCUT2D eigenvalue weighted by atomic mass is 16.5. The molecule has 1 aromatic rings. The number of aromatic nitrogens is 2. The van der Waals surface area contributed by atoms with Gasteiger partial charge >= 0.3 is 0 Å². The van der Waals surface area contributed by atoms with E-state index in [1.807, 2.05) is 6.92 Å². The Hall–Kier alpha value is -0.940. The molecule has 1 saturated carbocycles. The van der Waals surface area contributed by atoms with E-state index < -0.39 is 0 Å².